The summed E-state index contributed by atoms with van der Waals surface area (Å²) in [5.41, 5.74) is 5.92. The van der Waals surface area contributed by atoms with Gasteiger partial charge in [0.2, 0.25) is 5.91 Å². The van der Waals surface area contributed by atoms with E-state index in [1.807, 2.05) is 86.3 Å². The Morgan fingerprint density at radius 3 is 2.23 bits per heavy atom. The van der Waals surface area contributed by atoms with Gasteiger partial charge in [-0.05, 0) is 38.3 Å². The number of nitrogens with two attached hydrogens (primary N) is 1. The monoisotopic (exact) mass is 483 g/mol. The number of carbonyl (C=O) groups is 2. The minimum Gasteiger partial charge on any atom is -0.445 e. The maximum Gasteiger partial charge on any atom is 0.407 e. The van der Waals surface area contributed by atoms with Crippen LogP contribution in [0.2, 0.25) is 0 Å². The largest absolute Gasteiger partial charge is 0.445 e. The number of nitrogens with zero attached hydrogens (tertiary/aromatic N) is 1. The van der Waals surface area contributed by atoms with E-state index in [9.17, 15) is 19.8 Å². The Balaban J connectivity index is 1.80. The maximum atomic E-state index is 12.8. The molecule has 2 aromatic rings. The number of aliphatic hydroxyl groups is 2. The average Bonchev–Trinajstić information content (AvgIpc) is 3.16. The smallest absolute Gasteiger partial charge is 0.407 e. The summed E-state index contributed by atoms with van der Waals surface area (Å²) in [7, 11) is 0. The molecule has 1 saturated heterocycles. The first-order valence-corrected chi connectivity index (χ1v) is 12.0. The lowest BCUT2D eigenvalue weighted by Gasteiger charge is -2.45. The van der Waals surface area contributed by atoms with E-state index in [1.54, 1.807) is 0 Å². The van der Waals surface area contributed by atoms with E-state index in [0.717, 1.165) is 11.1 Å². The number of likely N-dealkylation sites (tertiary alicyclic amines) is 1. The normalized spacial score (nSPS) is 22.4. The standard InChI is InChI=1S/C27H37N3O5/c1-26(2,3)30-17-21(31)15-27(30,24(28)33)16-23(32)22(14-19-10-6-4-7-11-19)29-25(34)35-18-20-12-8-5-9-13-20/h4-13,21-23,31-32H,14-18H2,1-3H3,(H2,28,33)(H,29,34)/t21-,22-,23+,27+/m0/s1. The third-order valence-corrected chi connectivity index (χ3v) is 6.58. The third-order valence-electron chi connectivity index (χ3n) is 6.58. The molecular weight excluding hydrogens is 446 g/mol. The van der Waals surface area contributed by atoms with E-state index >= 15 is 0 Å². The van der Waals surface area contributed by atoms with Gasteiger partial charge in [-0.3, -0.25) is 9.69 Å². The quantitative estimate of drug-likeness (QED) is 0.434. The molecular formula is C27H37N3O5. The van der Waals surface area contributed by atoms with Gasteiger partial charge in [-0.25, -0.2) is 4.79 Å². The van der Waals surface area contributed by atoms with Crippen molar-refractivity contribution in [2.45, 2.75) is 76.0 Å². The molecule has 0 aromatic heterocycles. The molecule has 0 aliphatic carbocycles. The van der Waals surface area contributed by atoms with E-state index < -0.39 is 41.3 Å². The second-order valence-corrected chi connectivity index (χ2v) is 10.3. The number of carbonyl (C=O) groups excluding carboxylic acids is 2. The lowest BCUT2D eigenvalue weighted by molar-refractivity contribution is -0.134. The SMILES string of the molecule is CC(C)(C)N1C[C@@H](O)C[C@@]1(C[C@@H](O)[C@H](Cc1ccccc1)NC(=O)OCc1ccccc1)C(N)=O. The van der Waals surface area contributed by atoms with Crippen molar-refractivity contribution < 1.29 is 24.5 Å². The summed E-state index contributed by atoms with van der Waals surface area (Å²) in [4.78, 5) is 27.3. The predicted octanol–water partition coefficient (Wildman–Crippen LogP) is 2.36. The van der Waals surface area contributed by atoms with Crippen LogP contribution in [0.25, 0.3) is 0 Å². The van der Waals surface area contributed by atoms with E-state index in [-0.39, 0.29) is 26.0 Å². The zero-order chi connectivity index (χ0) is 25.6. The van der Waals surface area contributed by atoms with Gasteiger partial charge in [0.25, 0.3) is 0 Å². The van der Waals surface area contributed by atoms with Gasteiger partial charge in [-0.15, -0.1) is 0 Å². The number of nitrogens with one attached hydrogen (secondary N) is 1. The first kappa shape index (κ1) is 26.7. The Labute approximate surface area is 207 Å². The Kier molecular flexibility index (Phi) is 8.53. The Morgan fingerprint density at radius 1 is 1.11 bits per heavy atom. The minimum absolute atomic E-state index is 0.0346. The van der Waals surface area contributed by atoms with Crippen LogP contribution in [-0.4, -0.2) is 63.0 Å². The Hall–Kier alpha value is -2.94. The fraction of sp³-hybridized carbons (Fsp3) is 0.481. The molecule has 8 nitrogen and oxygen atoms in total. The van der Waals surface area contributed by atoms with E-state index in [0.29, 0.717) is 6.42 Å². The molecule has 35 heavy (non-hydrogen) atoms. The van der Waals surface area contributed by atoms with Crippen molar-refractivity contribution in [1.82, 2.24) is 10.2 Å². The van der Waals surface area contributed by atoms with Gasteiger partial charge in [-0.2, -0.15) is 0 Å². The summed E-state index contributed by atoms with van der Waals surface area (Å²) in [5, 5.41) is 24.6. The van der Waals surface area contributed by atoms with E-state index in [4.69, 9.17) is 10.5 Å². The average molecular weight is 484 g/mol. The van der Waals surface area contributed by atoms with Crippen molar-refractivity contribution in [3.05, 3.63) is 71.8 Å². The molecule has 0 radical (unpaired) electrons. The van der Waals surface area contributed by atoms with Gasteiger partial charge >= 0.3 is 6.09 Å². The second-order valence-electron chi connectivity index (χ2n) is 10.3. The first-order chi connectivity index (χ1) is 16.5. The van der Waals surface area contributed by atoms with Crippen LogP contribution in [0.4, 0.5) is 4.79 Å². The van der Waals surface area contributed by atoms with Crippen molar-refractivity contribution in [2.75, 3.05) is 6.54 Å². The molecule has 0 unspecified atom stereocenters. The van der Waals surface area contributed by atoms with Crippen LogP contribution in [0.1, 0.15) is 44.7 Å². The molecule has 5 N–H and O–H groups in total. The molecule has 1 fully saturated rings. The Morgan fingerprint density at radius 2 is 1.69 bits per heavy atom. The van der Waals surface area contributed by atoms with Crippen LogP contribution in [0.5, 0.6) is 0 Å². The molecule has 1 aliphatic heterocycles. The van der Waals surface area contributed by atoms with Gasteiger partial charge in [0.1, 0.15) is 12.1 Å². The topological polar surface area (TPSA) is 125 Å². The molecule has 8 heteroatoms. The van der Waals surface area contributed by atoms with Crippen LogP contribution in [0.15, 0.2) is 60.7 Å². The highest BCUT2D eigenvalue weighted by Gasteiger charge is 2.54. The second kappa shape index (κ2) is 11.2. The maximum absolute atomic E-state index is 12.8. The lowest BCUT2D eigenvalue weighted by atomic mass is 9.82. The van der Waals surface area contributed by atoms with Crippen molar-refractivity contribution >= 4 is 12.0 Å². The molecule has 1 heterocycles. The summed E-state index contributed by atoms with van der Waals surface area (Å²) in [6.45, 7) is 6.19. The summed E-state index contributed by atoms with van der Waals surface area (Å²) in [6, 6.07) is 18.0. The van der Waals surface area contributed by atoms with Gasteiger partial charge < -0.3 is 26.0 Å². The number of alkyl carbamates (subject to hydrolysis) is 1. The number of hydrogen-bond donors (Lipinski definition) is 4. The predicted molar refractivity (Wildman–Crippen MR) is 133 cm³/mol. The van der Waals surface area contributed by atoms with Crippen molar-refractivity contribution in [3.63, 3.8) is 0 Å². The summed E-state index contributed by atoms with van der Waals surface area (Å²) >= 11 is 0. The molecule has 2 amide bonds. The van der Waals surface area contributed by atoms with Gasteiger partial charge in [0, 0.05) is 24.9 Å². The van der Waals surface area contributed by atoms with Crippen molar-refractivity contribution in [3.8, 4) is 0 Å². The molecule has 0 bridgehead atoms. The van der Waals surface area contributed by atoms with Gasteiger partial charge in [0.15, 0.2) is 0 Å². The number of β-amino-alcohol motifs (C(OH)–C–C–N with tert-alkyl or cyclic N) is 1. The molecule has 0 spiro atoms. The van der Waals surface area contributed by atoms with Crippen LogP contribution in [-0.2, 0) is 22.6 Å². The third kappa shape index (κ3) is 6.81. The highest BCUT2D eigenvalue weighted by Crippen LogP contribution is 2.39. The van der Waals surface area contributed by atoms with Crippen LogP contribution < -0.4 is 11.1 Å². The fourth-order valence-corrected chi connectivity index (χ4v) is 4.95. The van der Waals surface area contributed by atoms with E-state index in [1.165, 1.54) is 0 Å². The number of benzene rings is 2. The molecule has 4 atom stereocenters. The summed E-state index contributed by atoms with van der Waals surface area (Å²) in [6.07, 6.45) is -2.12. The molecule has 2 aromatic carbocycles. The number of aliphatic hydroxyl groups excluding tert-OH is 2. The molecule has 1 aliphatic rings. The first-order valence-electron chi connectivity index (χ1n) is 12.0. The fourth-order valence-electron chi connectivity index (χ4n) is 4.95. The zero-order valence-corrected chi connectivity index (χ0v) is 20.7. The van der Waals surface area contributed by atoms with Crippen LogP contribution >= 0.6 is 0 Å². The molecule has 0 saturated carbocycles. The Bertz CT molecular complexity index is 979. The number of rotatable bonds is 9. The van der Waals surface area contributed by atoms with Crippen LogP contribution in [0, 0.1) is 0 Å². The van der Waals surface area contributed by atoms with Crippen LogP contribution in [0.3, 0.4) is 0 Å². The summed E-state index contributed by atoms with van der Waals surface area (Å²) < 4.78 is 5.38. The number of ether oxygens (including phenoxy) is 1. The number of primary amides is 1. The van der Waals surface area contributed by atoms with Gasteiger partial charge in [0.05, 0.1) is 18.2 Å². The minimum atomic E-state index is -1.25. The zero-order valence-electron chi connectivity index (χ0n) is 20.7. The highest BCUT2D eigenvalue weighted by molar-refractivity contribution is 5.85. The summed E-state index contributed by atoms with van der Waals surface area (Å²) in [5.74, 6) is -0.604. The number of amides is 2. The van der Waals surface area contributed by atoms with E-state index in [2.05, 4.69) is 5.32 Å². The lowest BCUT2D eigenvalue weighted by Crippen LogP contribution is -2.62. The highest BCUT2D eigenvalue weighted by atomic mass is 16.5. The number of hydrogen-bond acceptors (Lipinski definition) is 6. The molecule has 190 valence electrons. The van der Waals surface area contributed by atoms with Gasteiger partial charge in [-0.1, -0.05) is 60.7 Å². The van der Waals surface area contributed by atoms with Crippen molar-refractivity contribution in [2.24, 2.45) is 5.73 Å². The van der Waals surface area contributed by atoms with Crippen molar-refractivity contribution in [1.29, 1.82) is 0 Å². The molecule has 3 rings (SSSR count).